The Morgan fingerprint density at radius 1 is 1.00 bits per heavy atom. The molecule has 0 spiro atoms. The van der Waals surface area contributed by atoms with Gasteiger partial charge in [-0.2, -0.15) is 0 Å². The summed E-state index contributed by atoms with van der Waals surface area (Å²) in [5, 5.41) is 12.9. The number of phenols is 1. The van der Waals surface area contributed by atoms with E-state index in [1.165, 1.54) is 30.6 Å². The molecule has 0 aliphatic rings. The zero-order chi connectivity index (χ0) is 28.4. The van der Waals surface area contributed by atoms with E-state index in [2.05, 4.69) is 24.8 Å². The molecule has 28 heavy (non-hydrogen) atoms. The van der Waals surface area contributed by atoms with E-state index in [1.807, 2.05) is 0 Å². The van der Waals surface area contributed by atoms with E-state index in [-0.39, 0.29) is 28.6 Å². The van der Waals surface area contributed by atoms with Gasteiger partial charge in [0.15, 0.2) is 11.5 Å². The zero-order valence-electron chi connectivity index (χ0n) is 24.4. The van der Waals surface area contributed by atoms with Crippen molar-refractivity contribution < 1.29 is 37.8 Å². The average molecular weight is 395 g/mol. The monoisotopic (exact) mass is 395 g/mol. The van der Waals surface area contributed by atoms with Gasteiger partial charge in [0, 0.05) is 31.2 Å². The van der Waals surface area contributed by atoms with Gasteiger partial charge in [-0.15, -0.1) is 0 Å². The van der Waals surface area contributed by atoms with Crippen LogP contribution in [0.4, 0.5) is 11.5 Å². The topological polar surface area (TPSA) is 95.0 Å². The van der Waals surface area contributed by atoms with Gasteiger partial charge in [-0.1, -0.05) is 0 Å². The van der Waals surface area contributed by atoms with Gasteiger partial charge in [-0.3, -0.25) is 0 Å². The van der Waals surface area contributed by atoms with Crippen molar-refractivity contribution in [3.8, 4) is 17.2 Å². The first-order valence-corrected chi connectivity index (χ1v) is 7.92. The molecule has 148 valence electrons. The van der Waals surface area contributed by atoms with Crippen LogP contribution in [0.15, 0.2) is 42.7 Å². The normalized spacial score (nSPS) is 18.0. The average Bonchev–Trinajstić information content (AvgIpc) is 2.75. The van der Waals surface area contributed by atoms with Crippen molar-refractivity contribution in [1.29, 1.82) is 0 Å². The summed E-state index contributed by atoms with van der Waals surface area (Å²) in [4.78, 5) is 8.33. The lowest BCUT2D eigenvalue weighted by molar-refractivity contribution is 0.132. The summed E-state index contributed by atoms with van der Waals surface area (Å²) in [5.74, 6) is -0.0189. The van der Waals surface area contributed by atoms with Crippen molar-refractivity contribution in [3.63, 3.8) is 0 Å². The Hall–Kier alpha value is -3.10. The number of ether oxygens (including phenoxy) is 4. The Morgan fingerprint density at radius 2 is 1.68 bits per heavy atom. The van der Waals surface area contributed by atoms with Crippen LogP contribution in [-0.2, 0) is 9.47 Å². The lowest BCUT2D eigenvalue weighted by Crippen LogP contribution is -2.09. The third-order valence-corrected chi connectivity index (χ3v) is 3.55. The molecule has 1 heterocycles. The second-order valence-electron chi connectivity index (χ2n) is 5.28. The molecule has 0 fully saturated rings. The highest BCUT2D eigenvalue weighted by Crippen LogP contribution is 2.35. The van der Waals surface area contributed by atoms with Gasteiger partial charge < -0.3 is 29.4 Å². The van der Waals surface area contributed by atoms with E-state index in [0.29, 0.717) is 11.1 Å². The Kier molecular flexibility index (Phi) is 3.63. The lowest BCUT2D eigenvalue weighted by Gasteiger charge is -2.15. The van der Waals surface area contributed by atoms with Crippen LogP contribution in [0, 0.1) is 0 Å². The maximum Gasteiger partial charge on any atom is 0.163 e. The Bertz CT molecular complexity index is 1250. The van der Waals surface area contributed by atoms with Crippen LogP contribution >= 0.6 is 0 Å². The van der Waals surface area contributed by atoms with Crippen LogP contribution in [0.3, 0.4) is 0 Å². The zero-order valence-corrected chi connectivity index (χ0v) is 14.4. The summed E-state index contributed by atoms with van der Waals surface area (Å²) in [6.07, 6.45) is 1.23. The maximum absolute atomic E-state index is 9.50. The van der Waals surface area contributed by atoms with Crippen molar-refractivity contribution in [3.05, 3.63) is 42.7 Å². The smallest absolute Gasteiger partial charge is 0.163 e. The molecule has 1 aromatic heterocycles. The van der Waals surface area contributed by atoms with E-state index in [9.17, 15) is 5.11 Å². The number of phenolic OH excluding ortho intramolecular Hbond substituents is 1. The molecule has 0 aliphatic heterocycles. The van der Waals surface area contributed by atoms with Gasteiger partial charge in [0.25, 0.3) is 0 Å². The number of aromatic hydroxyl groups is 1. The van der Waals surface area contributed by atoms with Gasteiger partial charge in [-0.25, -0.2) is 9.97 Å². The third kappa shape index (κ3) is 4.99. The molecule has 3 aromatic rings. The predicted molar refractivity (Wildman–Crippen MR) is 106 cm³/mol. The fraction of sp³-hybridized carbons (Fsp3) is 0.300. The van der Waals surface area contributed by atoms with Crippen molar-refractivity contribution in [2.45, 2.75) is 0 Å². The molecule has 8 nitrogen and oxygen atoms in total. The summed E-state index contributed by atoms with van der Waals surface area (Å²) in [6.45, 7) is -7.29. The molecular weight excluding hydrogens is 362 g/mol. The Balaban J connectivity index is 1.97. The number of benzene rings is 2. The molecular formula is C20H23N3O5. The summed E-state index contributed by atoms with van der Waals surface area (Å²) in [6, 6.07) is 8.75. The first-order valence-electron chi connectivity index (χ1n) is 12.9. The highest BCUT2D eigenvalue weighted by atomic mass is 16.5. The molecule has 0 radical (unpaired) electrons. The van der Waals surface area contributed by atoms with E-state index < -0.39 is 40.4 Å². The molecule has 0 unspecified atom stereocenters. The van der Waals surface area contributed by atoms with Gasteiger partial charge in [0.2, 0.25) is 0 Å². The number of rotatable bonds is 10. The number of anilines is 2. The van der Waals surface area contributed by atoms with Crippen LogP contribution < -0.4 is 14.8 Å². The molecule has 0 bridgehead atoms. The molecule has 0 atom stereocenters. The van der Waals surface area contributed by atoms with Gasteiger partial charge in [0.05, 0.1) is 32.3 Å². The standard InChI is InChI=1S/C20H23N3O5/c1-25-7-9-27-18-11-16-17(12-19(18)28-10-8-26-2)21-13-22-20(16)23-14-3-5-15(24)6-4-14/h3-6,11-13,24H,7-10H2,1-2H3,(H,21,22,23)/i1D3,2D3,7D2,8D2. The third-order valence-electron chi connectivity index (χ3n) is 3.55. The molecule has 0 saturated heterocycles. The number of nitrogens with one attached hydrogen (secondary N) is 1. The summed E-state index contributed by atoms with van der Waals surface area (Å²) >= 11 is 0. The van der Waals surface area contributed by atoms with E-state index in [0.717, 1.165) is 0 Å². The van der Waals surface area contributed by atoms with Crippen molar-refractivity contribution in [2.24, 2.45) is 0 Å². The fourth-order valence-corrected chi connectivity index (χ4v) is 2.34. The molecule has 2 aromatic carbocycles. The summed E-state index contributed by atoms with van der Waals surface area (Å²) < 4.78 is 93.5. The van der Waals surface area contributed by atoms with E-state index >= 15 is 0 Å². The van der Waals surface area contributed by atoms with Crippen LogP contribution in [-0.4, -0.2) is 55.5 Å². The number of hydrogen-bond acceptors (Lipinski definition) is 8. The minimum Gasteiger partial charge on any atom is -0.508 e. The molecule has 0 saturated carbocycles. The minimum absolute atomic E-state index is 0.0523. The van der Waals surface area contributed by atoms with Crippen LogP contribution in [0.25, 0.3) is 10.9 Å². The predicted octanol–water partition coefficient (Wildman–Crippen LogP) is 3.13. The highest BCUT2D eigenvalue weighted by Gasteiger charge is 2.13. The first-order chi connectivity index (χ1) is 17.4. The Labute approximate surface area is 177 Å². The van der Waals surface area contributed by atoms with Gasteiger partial charge in [0.1, 0.15) is 31.1 Å². The van der Waals surface area contributed by atoms with Crippen LogP contribution in [0.5, 0.6) is 17.2 Å². The number of methoxy groups -OCH3 is 2. The summed E-state index contributed by atoms with van der Waals surface area (Å²) in [5.41, 5.74) is 0.839. The molecule has 8 heteroatoms. The molecule has 3 rings (SSSR count). The SMILES string of the molecule is [2H]C([2H])([2H])OC([2H])([2H])COc1cc2ncnc(Nc3ccc(O)cc3)c2cc1OCC([2H])([2H])OC([2H])([2H])[2H]. The van der Waals surface area contributed by atoms with E-state index in [4.69, 9.17) is 23.2 Å². The Morgan fingerprint density at radius 3 is 2.36 bits per heavy atom. The largest absolute Gasteiger partial charge is 0.508 e. The fourth-order valence-electron chi connectivity index (χ4n) is 2.34. The second kappa shape index (κ2) is 9.72. The van der Waals surface area contributed by atoms with Crippen molar-refractivity contribution >= 4 is 22.4 Å². The number of hydrogen-bond donors (Lipinski definition) is 2. The molecule has 0 amide bonds. The number of fused-ring (bicyclic) bond motifs is 1. The van der Waals surface area contributed by atoms with E-state index in [1.54, 1.807) is 12.1 Å². The number of aromatic nitrogens is 2. The van der Waals surface area contributed by atoms with Crippen LogP contribution in [0.2, 0.25) is 0 Å². The molecule has 2 N–H and O–H groups in total. The minimum atomic E-state index is -3.05. The van der Waals surface area contributed by atoms with Crippen molar-refractivity contribution in [1.82, 2.24) is 9.97 Å². The first kappa shape index (κ1) is 10.4. The van der Waals surface area contributed by atoms with Crippen LogP contribution in [0.1, 0.15) is 13.7 Å². The van der Waals surface area contributed by atoms with Gasteiger partial charge >= 0.3 is 0 Å². The van der Waals surface area contributed by atoms with Crippen molar-refractivity contribution in [2.75, 3.05) is 45.7 Å². The second-order valence-corrected chi connectivity index (χ2v) is 5.28. The number of nitrogens with zero attached hydrogens (tertiary/aromatic N) is 2. The maximum atomic E-state index is 9.50. The molecule has 0 aliphatic carbocycles. The summed E-state index contributed by atoms with van der Waals surface area (Å²) in [7, 11) is -6.09. The van der Waals surface area contributed by atoms with Gasteiger partial charge in [-0.05, 0) is 30.3 Å². The lowest BCUT2D eigenvalue weighted by atomic mass is 10.2. The quantitative estimate of drug-likeness (QED) is 0.506. The highest BCUT2D eigenvalue weighted by molar-refractivity contribution is 5.93.